The van der Waals surface area contributed by atoms with Crippen LogP contribution in [0.25, 0.3) is 0 Å². The van der Waals surface area contributed by atoms with Gasteiger partial charge in [0.1, 0.15) is 6.04 Å². The molecule has 0 radical (unpaired) electrons. The first kappa shape index (κ1) is 15.6. The molecule has 0 bridgehead atoms. The van der Waals surface area contributed by atoms with Crippen molar-refractivity contribution in [2.45, 2.75) is 19.9 Å². The van der Waals surface area contributed by atoms with Crippen LogP contribution < -0.4 is 11.1 Å². The van der Waals surface area contributed by atoms with Gasteiger partial charge in [-0.25, -0.2) is 0 Å². The molecular formula is C12H16N2O4. The third-order valence-corrected chi connectivity index (χ3v) is 1.85. The number of amides is 2. The van der Waals surface area contributed by atoms with Gasteiger partial charge in [0.05, 0.1) is 0 Å². The topological polar surface area (TPSA) is 109 Å². The normalized spacial score (nSPS) is 10.6. The summed E-state index contributed by atoms with van der Waals surface area (Å²) in [6.45, 7) is 2.68. The molecule has 98 valence electrons. The smallest absolute Gasteiger partial charge is 0.325 e. The van der Waals surface area contributed by atoms with Crippen molar-refractivity contribution in [2.24, 2.45) is 5.73 Å². The number of rotatable bonds is 3. The fourth-order valence-electron chi connectivity index (χ4n) is 0.969. The zero-order valence-electron chi connectivity index (χ0n) is 10.2. The highest BCUT2D eigenvalue weighted by molar-refractivity contribution is 5.92. The second-order valence-electron chi connectivity index (χ2n) is 3.49. The third-order valence-electron chi connectivity index (χ3n) is 1.85. The van der Waals surface area contributed by atoms with Gasteiger partial charge in [0, 0.05) is 12.5 Å². The lowest BCUT2D eigenvalue weighted by Crippen LogP contribution is -2.36. The summed E-state index contributed by atoms with van der Waals surface area (Å²) in [6, 6.07) is 7.97. The van der Waals surface area contributed by atoms with Gasteiger partial charge < -0.3 is 16.2 Å². The van der Waals surface area contributed by atoms with Crippen LogP contribution in [0.2, 0.25) is 0 Å². The van der Waals surface area contributed by atoms with Crippen LogP contribution in [0.3, 0.4) is 0 Å². The van der Waals surface area contributed by atoms with Gasteiger partial charge in [0.15, 0.2) is 0 Å². The lowest BCUT2D eigenvalue weighted by molar-refractivity contribution is -0.140. The number of nitrogens with one attached hydrogen (secondary N) is 1. The molecule has 1 aromatic rings. The Morgan fingerprint density at radius 3 is 1.94 bits per heavy atom. The minimum absolute atomic E-state index is 0.329. The van der Waals surface area contributed by atoms with Gasteiger partial charge in [-0.2, -0.15) is 0 Å². The lowest BCUT2D eigenvalue weighted by atomic mass is 10.2. The first-order valence-electron chi connectivity index (χ1n) is 5.19. The fraction of sp³-hybridized carbons (Fsp3) is 0.250. The molecule has 0 saturated heterocycles. The molecular weight excluding hydrogens is 236 g/mol. The molecule has 6 nitrogen and oxygen atoms in total. The number of carboxylic acids is 1. The molecule has 0 aliphatic heterocycles. The molecule has 0 aliphatic rings. The summed E-state index contributed by atoms with van der Waals surface area (Å²) in [4.78, 5) is 30.6. The molecule has 0 saturated carbocycles. The van der Waals surface area contributed by atoms with Gasteiger partial charge in [-0.05, 0) is 19.1 Å². The van der Waals surface area contributed by atoms with Crippen molar-refractivity contribution in [3.8, 4) is 0 Å². The summed E-state index contributed by atoms with van der Waals surface area (Å²) in [5.41, 5.74) is 5.53. The third kappa shape index (κ3) is 7.00. The molecule has 18 heavy (non-hydrogen) atoms. The Balaban J connectivity index is 0.000000321. The van der Waals surface area contributed by atoms with Crippen molar-refractivity contribution in [2.75, 3.05) is 0 Å². The summed E-state index contributed by atoms with van der Waals surface area (Å²) in [5.74, 6) is -1.73. The standard InChI is InChI=1S/C7H7NO.C5H9NO3/c8-7(9)6-4-2-1-3-5-6;1-3(5(8)9)6-4(2)7/h1-5H,(H2,8,9);3H,1-2H3,(H,6,7)(H,8,9). The maximum Gasteiger partial charge on any atom is 0.325 e. The van der Waals surface area contributed by atoms with Gasteiger partial charge in [-0.15, -0.1) is 0 Å². The zero-order chi connectivity index (χ0) is 14.1. The number of aliphatic carboxylic acids is 1. The SMILES string of the molecule is CC(=O)NC(C)C(=O)O.NC(=O)c1ccccc1. The van der Waals surface area contributed by atoms with E-state index in [9.17, 15) is 14.4 Å². The van der Waals surface area contributed by atoms with E-state index in [-0.39, 0.29) is 11.8 Å². The predicted octanol–water partition coefficient (Wildman–Crippen LogP) is 0.381. The number of carbonyl (C=O) groups is 3. The van der Waals surface area contributed by atoms with Gasteiger partial charge in [-0.1, -0.05) is 18.2 Å². The molecule has 1 unspecified atom stereocenters. The molecule has 0 spiro atoms. The largest absolute Gasteiger partial charge is 0.480 e. The quantitative estimate of drug-likeness (QED) is 0.722. The maximum atomic E-state index is 10.4. The van der Waals surface area contributed by atoms with Gasteiger partial charge in [0.25, 0.3) is 0 Å². The Labute approximate surface area is 105 Å². The molecule has 2 amide bonds. The predicted molar refractivity (Wildman–Crippen MR) is 65.9 cm³/mol. The highest BCUT2D eigenvalue weighted by Gasteiger charge is 2.09. The highest BCUT2D eigenvalue weighted by atomic mass is 16.4. The number of primary amides is 1. The average Bonchev–Trinajstić information content (AvgIpc) is 2.30. The van der Waals surface area contributed by atoms with Crippen LogP contribution in [-0.4, -0.2) is 28.9 Å². The number of nitrogens with two attached hydrogens (primary N) is 1. The summed E-state index contributed by atoms with van der Waals surface area (Å²) < 4.78 is 0. The minimum atomic E-state index is -1.02. The van der Waals surface area contributed by atoms with E-state index in [2.05, 4.69) is 5.32 Å². The lowest BCUT2D eigenvalue weighted by Gasteiger charge is -2.04. The Hall–Kier alpha value is -2.37. The second-order valence-corrected chi connectivity index (χ2v) is 3.49. The number of carboxylic acid groups (broad SMARTS) is 1. The van der Waals surface area contributed by atoms with Crippen molar-refractivity contribution in [1.82, 2.24) is 5.32 Å². The van der Waals surface area contributed by atoms with Crippen molar-refractivity contribution < 1.29 is 19.5 Å². The fourth-order valence-corrected chi connectivity index (χ4v) is 0.969. The van der Waals surface area contributed by atoms with E-state index in [0.29, 0.717) is 5.56 Å². The highest BCUT2D eigenvalue weighted by Crippen LogP contribution is 1.94. The molecule has 1 rings (SSSR count). The second kappa shape index (κ2) is 7.83. The van der Waals surface area contributed by atoms with Crippen LogP contribution in [0.1, 0.15) is 24.2 Å². The first-order chi connectivity index (χ1) is 8.34. The van der Waals surface area contributed by atoms with E-state index in [1.165, 1.54) is 13.8 Å². The molecule has 0 fully saturated rings. The van der Waals surface area contributed by atoms with Crippen molar-refractivity contribution in [3.63, 3.8) is 0 Å². The van der Waals surface area contributed by atoms with E-state index in [4.69, 9.17) is 10.8 Å². The average molecular weight is 252 g/mol. The minimum Gasteiger partial charge on any atom is -0.480 e. The van der Waals surface area contributed by atoms with E-state index >= 15 is 0 Å². The Morgan fingerprint density at radius 2 is 1.72 bits per heavy atom. The first-order valence-corrected chi connectivity index (χ1v) is 5.19. The van der Waals surface area contributed by atoms with Crippen LogP contribution >= 0.6 is 0 Å². The number of hydrogen-bond donors (Lipinski definition) is 3. The molecule has 1 aromatic carbocycles. The number of benzene rings is 1. The Kier molecular flexibility index (Phi) is 6.80. The van der Waals surface area contributed by atoms with Crippen LogP contribution in [-0.2, 0) is 9.59 Å². The molecule has 4 N–H and O–H groups in total. The van der Waals surface area contributed by atoms with Gasteiger partial charge in [0.2, 0.25) is 11.8 Å². The Morgan fingerprint density at radius 1 is 1.22 bits per heavy atom. The maximum absolute atomic E-state index is 10.4. The van der Waals surface area contributed by atoms with Crippen LogP contribution in [0.4, 0.5) is 0 Å². The summed E-state index contributed by atoms with van der Waals surface area (Å²) in [6.07, 6.45) is 0. The summed E-state index contributed by atoms with van der Waals surface area (Å²) in [7, 11) is 0. The zero-order valence-corrected chi connectivity index (χ0v) is 10.2. The van der Waals surface area contributed by atoms with Crippen molar-refractivity contribution >= 4 is 17.8 Å². The van der Waals surface area contributed by atoms with E-state index in [0.717, 1.165) is 0 Å². The monoisotopic (exact) mass is 252 g/mol. The number of carbonyl (C=O) groups excluding carboxylic acids is 2. The van der Waals surface area contributed by atoms with Crippen molar-refractivity contribution in [3.05, 3.63) is 35.9 Å². The Bertz CT molecular complexity index is 417. The van der Waals surface area contributed by atoms with Crippen LogP contribution in [0.15, 0.2) is 30.3 Å². The molecule has 0 aliphatic carbocycles. The van der Waals surface area contributed by atoms with Crippen LogP contribution in [0.5, 0.6) is 0 Å². The number of hydrogen-bond acceptors (Lipinski definition) is 3. The summed E-state index contributed by atoms with van der Waals surface area (Å²) in [5, 5.41) is 10.4. The molecule has 0 heterocycles. The summed E-state index contributed by atoms with van der Waals surface area (Å²) >= 11 is 0. The van der Waals surface area contributed by atoms with Crippen LogP contribution in [0, 0.1) is 0 Å². The van der Waals surface area contributed by atoms with Crippen molar-refractivity contribution in [1.29, 1.82) is 0 Å². The van der Waals surface area contributed by atoms with Gasteiger partial charge in [-0.3, -0.25) is 14.4 Å². The van der Waals surface area contributed by atoms with E-state index in [1.807, 2.05) is 6.07 Å². The van der Waals surface area contributed by atoms with E-state index in [1.54, 1.807) is 24.3 Å². The molecule has 6 heteroatoms. The van der Waals surface area contributed by atoms with Gasteiger partial charge >= 0.3 is 5.97 Å². The van der Waals surface area contributed by atoms with E-state index < -0.39 is 12.0 Å². The molecule has 1 atom stereocenters. The molecule has 0 aromatic heterocycles.